The van der Waals surface area contributed by atoms with Gasteiger partial charge in [-0.1, -0.05) is 15.9 Å². The van der Waals surface area contributed by atoms with Gasteiger partial charge in [-0.15, -0.1) is 0 Å². The molecule has 2 N–H and O–H groups in total. The van der Waals surface area contributed by atoms with Crippen molar-refractivity contribution in [3.05, 3.63) is 64.1 Å². The quantitative estimate of drug-likeness (QED) is 0.369. The van der Waals surface area contributed by atoms with Crippen molar-refractivity contribution in [2.75, 3.05) is 51.8 Å². The number of nitrogens with one attached hydrogen (secondary N) is 2. The Morgan fingerprint density at radius 1 is 1.06 bits per heavy atom. The Kier molecular flexibility index (Phi) is 8.57. The second-order valence-electron chi connectivity index (χ2n) is 6.84. The number of methoxy groups -OCH3 is 1. The van der Waals surface area contributed by atoms with Crippen molar-refractivity contribution >= 4 is 39.5 Å². The lowest BCUT2D eigenvalue weighted by Crippen LogP contribution is -2.39. The molecule has 0 radical (unpaired) electrons. The fourth-order valence-corrected chi connectivity index (χ4v) is 3.23. The van der Waals surface area contributed by atoms with Gasteiger partial charge in [0.1, 0.15) is 0 Å². The molecule has 0 saturated carbocycles. The van der Waals surface area contributed by atoms with Crippen molar-refractivity contribution in [1.82, 2.24) is 10.2 Å². The average molecular weight is 489 g/mol. The number of hydrogen-bond acceptors (Lipinski definition) is 6. The molecule has 8 nitrogen and oxygen atoms in total. The van der Waals surface area contributed by atoms with E-state index in [4.69, 9.17) is 4.74 Å². The third-order valence-electron chi connectivity index (χ3n) is 4.70. The van der Waals surface area contributed by atoms with Gasteiger partial charge in [-0.3, -0.25) is 20.0 Å². The van der Waals surface area contributed by atoms with Gasteiger partial charge in [-0.2, -0.15) is 0 Å². The summed E-state index contributed by atoms with van der Waals surface area (Å²) in [6.45, 7) is 4.52. The molecule has 0 aliphatic carbocycles. The van der Waals surface area contributed by atoms with Crippen molar-refractivity contribution in [3.8, 4) is 0 Å². The minimum atomic E-state index is -0.450. The summed E-state index contributed by atoms with van der Waals surface area (Å²) in [7, 11) is 1.32. The van der Waals surface area contributed by atoms with Crippen LogP contribution in [0.3, 0.4) is 0 Å². The van der Waals surface area contributed by atoms with E-state index in [0.717, 1.165) is 43.0 Å². The van der Waals surface area contributed by atoms with Gasteiger partial charge in [0.2, 0.25) is 5.96 Å². The molecule has 2 aromatic rings. The van der Waals surface area contributed by atoms with Crippen LogP contribution in [0.4, 0.5) is 5.69 Å². The molecule has 0 unspecified atom stereocenters. The summed E-state index contributed by atoms with van der Waals surface area (Å²) < 4.78 is 11.0. The number of ether oxygens (including phenoxy) is 2. The number of anilines is 1. The van der Waals surface area contributed by atoms with Crippen molar-refractivity contribution in [3.63, 3.8) is 0 Å². The Labute approximate surface area is 189 Å². The fraction of sp³-hybridized carbons (Fsp3) is 0.318. The first-order valence-electron chi connectivity index (χ1n) is 9.92. The Bertz CT molecular complexity index is 910. The summed E-state index contributed by atoms with van der Waals surface area (Å²) in [5, 5.41) is 5.99. The maximum absolute atomic E-state index is 12.7. The van der Waals surface area contributed by atoms with Gasteiger partial charge >= 0.3 is 5.97 Å². The lowest BCUT2D eigenvalue weighted by molar-refractivity contribution is 0.0394. The maximum Gasteiger partial charge on any atom is 0.337 e. The number of aliphatic imine (C=N–C) groups is 1. The molecular formula is C22H25BrN4O4. The number of esters is 1. The lowest BCUT2D eigenvalue weighted by atomic mass is 10.1. The molecule has 3 rings (SSSR count). The zero-order chi connectivity index (χ0) is 22.1. The highest BCUT2D eigenvalue weighted by atomic mass is 79.9. The van der Waals surface area contributed by atoms with E-state index in [1.54, 1.807) is 24.3 Å². The molecule has 1 saturated heterocycles. The summed E-state index contributed by atoms with van der Waals surface area (Å²) in [5.41, 5.74) is 1.59. The fourth-order valence-electron chi connectivity index (χ4n) is 2.96. The molecule has 1 heterocycles. The van der Waals surface area contributed by atoms with Crippen molar-refractivity contribution < 1.29 is 19.1 Å². The van der Waals surface area contributed by atoms with E-state index >= 15 is 0 Å². The Hall–Kier alpha value is -2.75. The van der Waals surface area contributed by atoms with Gasteiger partial charge in [0, 0.05) is 35.4 Å². The van der Waals surface area contributed by atoms with E-state index in [2.05, 4.69) is 41.2 Å². The molecule has 9 heteroatoms. The number of amides is 1. The molecule has 1 aliphatic heterocycles. The molecule has 0 aromatic heterocycles. The van der Waals surface area contributed by atoms with Gasteiger partial charge < -0.3 is 14.8 Å². The third-order valence-corrected chi connectivity index (χ3v) is 5.23. The van der Waals surface area contributed by atoms with Crippen LogP contribution >= 0.6 is 15.9 Å². The Morgan fingerprint density at radius 3 is 2.35 bits per heavy atom. The number of halogens is 1. The standard InChI is InChI=1S/C22H25BrN4O4/c1-30-21(29)17-4-2-16(3-5-17)20(28)26-22(25-19-8-6-18(23)7-9-19)24-10-11-27-12-14-31-15-13-27/h2-9H,10-15H2,1H3,(H2,24,25,26,28). The third kappa shape index (κ3) is 7.16. The van der Waals surface area contributed by atoms with E-state index in [0.29, 0.717) is 23.6 Å². The largest absolute Gasteiger partial charge is 0.465 e. The van der Waals surface area contributed by atoms with Gasteiger partial charge in [0.15, 0.2) is 0 Å². The highest BCUT2D eigenvalue weighted by Crippen LogP contribution is 2.14. The summed E-state index contributed by atoms with van der Waals surface area (Å²) >= 11 is 3.41. The van der Waals surface area contributed by atoms with E-state index in [9.17, 15) is 9.59 Å². The van der Waals surface area contributed by atoms with Crippen LogP contribution in [0.1, 0.15) is 20.7 Å². The first kappa shape index (κ1) is 22.9. The molecule has 0 atom stereocenters. The molecule has 1 aliphatic rings. The predicted molar refractivity (Wildman–Crippen MR) is 123 cm³/mol. The highest BCUT2D eigenvalue weighted by molar-refractivity contribution is 9.10. The van der Waals surface area contributed by atoms with Gasteiger partial charge in [0.25, 0.3) is 5.91 Å². The Balaban J connectivity index is 1.68. The minimum Gasteiger partial charge on any atom is -0.465 e. The summed E-state index contributed by atoms with van der Waals surface area (Å²) in [6, 6.07) is 13.8. The zero-order valence-corrected chi connectivity index (χ0v) is 18.9. The van der Waals surface area contributed by atoms with Crippen molar-refractivity contribution in [2.45, 2.75) is 0 Å². The van der Waals surface area contributed by atoms with Gasteiger partial charge in [-0.05, 0) is 48.5 Å². The number of hydrogen-bond donors (Lipinski definition) is 2. The van der Waals surface area contributed by atoms with Crippen LogP contribution < -0.4 is 10.6 Å². The SMILES string of the molecule is COC(=O)c1ccc(C(=O)NC(=NCCN2CCOCC2)Nc2ccc(Br)cc2)cc1. The van der Waals surface area contributed by atoms with E-state index in [-0.39, 0.29) is 5.91 Å². The van der Waals surface area contributed by atoms with Crippen LogP contribution in [0.2, 0.25) is 0 Å². The number of carbonyl (C=O) groups is 2. The molecular weight excluding hydrogens is 464 g/mol. The van der Waals surface area contributed by atoms with Crippen LogP contribution in [0.5, 0.6) is 0 Å². The van der Waals surface area contributed by atoms with E-state index in [1.807, 2.05) is 24.3 Å². The van der Waals surface area contributed by atoms with Crippen molar-refractivity contribution in [1.29, 1.82) is 0 Å². The Morgan fingerprint density at radius 2 is 1.71 bits per heavy atom. The highest BCUT2D eigenvalue weighted by Gasteiger charge is 2.13. The topological polar surface area (TPSA) is 92.3 Å². The number of nitrogens with zero attached hydrogens (tertiary/aromatic N) is 2. The monoisotopic (exact) mass is 488 g/mol. The molecule has 0 spiro atoms. The van der Waals surface area contributed by atoms with Crippen LogP contribution in [-0.2, 0) is 9.47 Å². The number of carbonyl (C=O) groups excluding carboxylic acids is 2. The summed E-state index contributed by atoms with van der Waals surface area (Å²) in [4.78, 5) is 31.2. The zero-order valence-electron chi connectivity index (χ0n) is 17.3. The minimum absolute atomic E-state index is 0.328. The molecule has 0 bridgehead atoms. The molecule has 1 amide bonds. The van der Waals surface area contributed by atoms with Crippen molar-refractivity contribution in [2.24, 2.45) is 4.99 Å². The number of benzene rings is 2. The molecule has 1 fully saturated rings. The second-order valence-corrected chi connectivity index (χ2v) is 7.75. The van der Waals surface area contributed by atoms with Crippen LogP contribution in [-0.4, -0.2) is 69.2 Å². The summed E-state index contributed by atoms with van der Waals surface area (Å²) in [6.07, 6.45) is 0. The van der Waals surface area contributed by atoms with Crippen LogP contribution in [0.25, 0.3) is 0 Å². The predicted octanol–water partition coefficient (Wildman–Crippen LogP) is 2.77. The first-order chi connectivity index (χ1) is 15.0. The number of guanidine groups is 1. The van der Waals surface area contributed by atoms with E-state index < -0.39 is 5.97 Å². The number of rotatable bonds is 6. The molecule has 2 aromatic carbocycles. The normalized spacial score (nSPS) is 14.7. The number of morpholine rings is 1. The summed E-state index contributed by atoms with van der Waals surface area (Å²) in [5.74, 6) is -0.419. The van der Waals surface area contributed by atoms with Gasteiger partial charge in [0.05, 0.1) is 32.4 Å². The lowest BCUT2D eigenvalue weighted by Gasteiger charge is -2.25. The van der Waals surface area contributed by atoms with Crippen LogP contribution in [0.15, 0.2) is 58.0 Å². The molecule has 164 valence electrons. The molecule has 31 heavy (non-hydrogen) atoms. The van der Waals surface area contributed by atoms with E-state index in [1.165, 1.54) is 7.11 Å². The second kappa shape index (κ2) is 11.6. The van der Waals surface area contributed by atoms with Crippen LogP contribution in [0, 0.1) is 0 Å². The maximum atomic E-state index is 12.7. The van der Waals surface area contributed by atoms with Gasteiger partial charge in [-0.25, -0.2) is 4.79 Å². The average Bonchev–Trinajstić information content (AvgIpc) is 2.80. The smallest absolute Gasteiger partial charge is 0.337 e. The first-order valence-corrected chi connectivity index (χ1v) is 10.7.